The zero-order valence-corrected chi connectivity index (χ0v) is 26.2. The lowest BCUT2D eigenvalue weighted by Gasteiger charge is -2.36. The summed E-state index contributed by atoms with van der Waals surface area (Å²) in [4.78, 5) is 48.9. The second-order valence-electron chi connectivity index (χ2n) is 11.2. The number of piperazine rings is 1. The van der Waals surface area contributed by atoms with Crippen molar-refractivity contribution in [1.29, 1.82) is 0 Å². The maximum absolute atomic E-state index is 13.6. The first-order chi connectivity index (χ1) is 23.1. The van der Waals surface area contributed by atoms with Crippen molar-refractivity contribution >= 4 is 46.6 Å². The third kappa shape index (κ3) is 6.57. The van der Waals surface area contributed by atoms with E-state index in [9.17, 15) is 32.7 Å². The van der Waals surface area contributed by atoms with Crippen molar-refractivity contribution in [2.45, 2.75) is 32.0 Å². The van der Waals surface area contributed by atoms with E-state index in [1.165, 1.54) is 16.8 Å². The summed E-state index contributed by atoms with van der Waals surface area (Å²) in [5.41, 5.74) is 1.82. The van der Waals surface area contributed by atoms with Gasteiger partial charge in [-0.05, 0) is 55.2 Å². The molecule has 17 heteroatoms. The Morgan fingerprint density at radius 2 is 1.90 bits per heavy atom. The molecule has 1 aromatic carbocycles. The number of carbonyl (C=O) groups excluding carboxylic acids is 2. The van der Waals surface area contributed by atoms with Gasteiger partial charge in [-0.15, -0.1) is 5.10 Å². The van der Waals surface area contributed by atoms with Crippen LogP contribution in [0.15, 0.2) is 47.4 Å². The minimum Gasteiger partial charge on any atom is -0.505 e. The molecule has 2 amide bonds. The number of aromatic nitrogens is 5. The number of fused-ring (bicyclic) bond motifs is 3. The van der Waals surface area contributed by atoms with Gasteiger partial charge < -0.3 is 29.5 Å². The number of carbonyl (C=O) groups is 2. The fraction of sp³-hybridized carbons (Fsp3) is 0.355. The number of hydrogen-bond acceptors (Lipinski definition) is 9. The first kappa shape index (κ1) is 33.0. The number of benzene rings is 1. The number of amides is 2. The number of aromatic hydroxyl groups is 1. The number of nitrogens with zero attached hydrogens (tertiary/aromatic N) is 7. The second-order valence-corrected chi connectivity index (χ2v) is 11.6. The molecule has 7 rings (SSSR count). The molecule has 0 bridgehead atoms. The van der Waals surface area contributed by atoms with Crippen LogP contribution in [-0.4, -0.2) is 85.9 Å². The molecule has 2 N–H and O–H groups in total. The fourth-order valence-corrected chi connectivity index (χ4v) is 6.12. The number of hydrogen-bond donors (Lipinski definition) is 2. The Bertz CT molecular complexity index is 1950. The van der Waals surface area contributed by atoms with E-state index in [0.29, 0.717) is 63.1 Å². The minimum atomic E-state index is -4.43. The molecule has 3 aliphatic rings. The van der Waals surface area contributed by atoms with Gasteiger partial charge in [-0.2, -0.15) is 22.7 Å². The number of alkyl halides is 3. The van der Waals surface area contributed by atoms with Gasteiger partial charge in [-0.3, -0.25) is 14.4 Å². The van der Waals surface area contributed by atoms with E-state index in [0.717, 1.165) is 55.3 Å². The van der Waals surface area contributed by atoms with E-state index in [1.807, 2.05) is 6.08 Å². The highest BCUT2D eigenvalue weighted by atomic mass is 35.5. The van der Waals surface area contributed by atoms with Gasteiger partial charge in [0.05, 0.1) is 35.2 Å². The van der Waals surface area contributed by atoms with E-state index in [4.69, 9.17) is 21.3 Å². The number of pyridine rings is 1. The van der Waals surface area contributed by atoms with E-state index in [-0.39, 0.29) is 33.6 Å². The highest BCUT2D eigenvalue weighted by Gasteiger charge is 2.32. The van der Waals surface area contributed by atoms with Crippen molar-refractivity contribution < 1.29 is 32.6 Å². The lowest BCUT2D eigenvalue weighted by molar-refractivity contribution is -0.137. The summed E-state index contributed by atoms with van der Waals surface area (Å²) in [6.07, 6.45) is 1.86. The Balaban J connectivity index is 0.000000242. The molecule has 1 fully saturated rings. The molecule has 48 heavy (non-hydrogen) atoms. The zero-order chi connectivity index (χ0) is 34.0. The average molecular weight is 687 g/mol. The van der Waals surface area contributed by atoms with Gasteiger partial charge in [0, 0.05) is 38.9 Å². The number of anilines is 2. The molecule has 4 aromatic rings. The molecule has 252 valence electrons. The summed E-state index contributed by atoms with van der Waals surface area (Å²) in [6, 6.07) is 5.74. The third-order valence-corrected chi connectivity index (χ3v) is 8.57. The minimum absolute atomic E-state index is 0.0518. The predicted octanol–water partition coefficient (Wildman–Crippen LogP) is 3.63. The number of ether oxygens (including phenoxy) is 1. The quantitative estimate of drug-likeness (QED) is 0.301. The van der Waals surface area contributed by atoms with E-state index in [2.05, 4.69) is 24.9 Å². The number of rotatable bonds is 5. The topological polar surface area (TPSA) is 147 Å². The third-order valence-electron chi connectivity index (χ3n) is 8.25. The summed E-state index contributed by atoms with van der Waals surface area (Å²) in [5, 5.41) is 16.6. The highest BCUT2D eigenvalue weighted by Crippen LogP contribution is 2.33. The van der Waals surface area contributed by atoms with Crippen LogP contribution in [0.25, 0.3) is 11.4 Å². The second kappa shape index (κ2) is 13.6. The van der Waals surface area contributed by atoms with Crippen LogP contribution in [0.1, 0.15) is 40.4 Å². The predicted molar refractivity (Wildman–Crippen MR) is 169 cm³/mol. The van der Waals surface area contributed by atoms with Crippen molar-refractivity contribution in [2.75, 3.05) is 49.6 Å². The molecule has 6 heterocycles. The van der Waals surface area contributed by atoms with Crippen LogP contribution in [-0.2, 0) is 28.7 Å². The standard InChI is InChI=1S/C23H25N7O4.C8H5ClF3NO/c31-17-4-1-7-24-18(17)21(32)28-11-9-27(10-12-28)19-16-3-2-8-29(16)23-25-20(26-30(23)22(19)33)15-5-13-34-14-6-15;9-6-3-5(8(10,11)12)1-2-7(6)13-4-14/h1,4-5,7,31H,2-3,6,8-14H2;1-4H,(H,13,14). The molecule has 3 aromatic heterocycles. The molecule has 13 nitrogen and oxygen atoms in total. The fourth-order valence-electron chi connectivity index (χ4n) is 5.88. The highest BCUT2D eigenvalue weighted by molar-refractivity contribution is 6.33. The Morgan fingerprint density at radius 3 is 2.56 bits per heavy atom. The SMILES string of the molecule is O=C(c1ncccc1O)N1CCN(c2c3n(c4nc(C5=CCOCC5)nn4c2=O)CCC3)CC1.O=CNc1ccc(C(F)(F)F)cc1Cl. The van der Waals surface area contributed by atoms with Gasteiger partial charge in [0.25, 0.3) is 11.5 Å². The lowest BCUT2D eigenvalue weighted by Crippen LogP contribution is -2.50. The molecule has 0 spiro atoms. The van der Waals surface area contributed by atoms with Crippen molar-refractivity contribution in [3.05, 3.63) is 80.8 Å². The molecular weight excluding hydrogens is 657 g/mol. The summed E-state index contributed by atoms with van der Waals surface area (Å²) in [7, 11) is 0. The first-order valence-corrected chi connectivity index (χ1v) is 15.5. The van der Waals surface area contributed by atoms with E-state index < -0.39 is 11.7 Å². The van der Waals surface area contributed by atoms with Crippen molar-refractivity contribution in [3.63, 3.8) is 0 Å². The van der Waals surface area contributed by atoms with Gasteiger partial charge >= 0.3 is 6.18 Å². The molecule has 3 aliphatic heterocycles. The summed E-state index contributed by atoms with van der Waals surface area (Å²) < 4.78 is 45.3. The van der Waals surface area contributed by atoms with Crippen molar-refractivity contribution in [2.24, 2.45) is 0 Å². The number of halogens is 4. The summed E-state index contributed by atoms with van der Waals surface area (Å²) in [5.74, 6) is 0.742. The van der Waals surface area contributed by atoms with Crippen LogP contribution in [0, 0.1) is 0 Å². The molecule has 0 unspecified atom stereocenters. The smallest absolute Gasteiger partial charge is 0.416 e. The van der Waals surface area contributed by atoms with Crippen molar-refractivity contribution in [1.82, 2.24) is 29.0 Å². The first-order valence-electron chi connectivity index (χ1n) is 15.1. The number of aryl methyl sites for hydroxylation is 1. The van der Waals surface area contributed by atoms with Gasteiger partial charge in [0.15, 0.2) is 11.5 Å². The van der Waals surface area contributed by atoms with Gasteiger partial charge in [0.1, 0.15) is 11.4 Å². The monoisotopic (exact) mass is 686 g/mol. The van der Waals surface area contributed by atoms with Crippen LogP contribution < -0.4 is 15.8 Å². The van der Waals surface area contributed by atoms with Crippen LogP contribution in [0.3, 0.4) is 0 Å². The van der Waals surface area contributed by atoms with Gasteiger partial charge in [-0.1, -0.05) is 17.7 Å². The Labute approximate surface area is 276 Å². The molecule has 0 saturated carbocycles. The lowest BCUT2D eigenvalue weighted by atomic mass is 10.1. The van der Waals surface area contributed by atoms with E-state index >= 15 is 0 Å². The number of nitrogens with one attached hydrogen (secondary N) is 1. The Hall–Kier alpha value is -4.96. The summed E-state index contributed by atoms with van der Waals surface area (Å²) in [6.45, 7) is 3.84. The molecule has 0 aliphatic carbocycles. The Kier molecular flexibility index (Phi) is 9.37. The molecule has 0 radical (unpaired) electrons. The average Bonchev–Trinajstić information content (AvgIpc) is 3.75. The zero-order valence-electron chi connectivity index (χ0n) is 25.4. The molecule has 1 saturated heterocycles. The largest absolute Gasteiger partial charge is 0.505 e. The van der Waals surface area contributed by atoms with Crippen LogP contribution in [0.5, 0.6) is 5.75 Å². The molecular formula is C31H30ClF3N8O5. The summed E-state index contributed by atoms with van der Waals surface area (Å²) >= 11 is 5.49. The van der Waals surface area contributed by atoms with Crippen LogP contribution in [0.4, 0.5) is 24.5 Å². The molecule has 0 atom stereocenters. The van der Waals surface area contributed by atoms with Crippen molar-refractivity contribution in [3.8, 4) is 5.75 Å². The Morgan fingerprint density at radius 1 is 1.10 bits per heavy atom. The van der Waals surface area contributed by atoms with Crippen LogP contribution >= 0.6 is 11.6 Å². The normalized spacial score (nSPS) is 16.2. The van der Waals surface area contributed by atoms with Gasteiger partial charge in [-0.25, -0.2) is 4.98 Å². The van der Waals surface area contributed by atoms with Gasteiger partial charge in [0.2, 0.25) is 12.2 Å². The maximum atomic E-state index is 13.6. The maximum Gasteiger partial charge on any atom is 0.416 e. The van der Waals surface area contributed by atoms with E-state index in [1.54, 1.807) is 11.0 Å². The van der Waals surface area contributed by atoms with Crippen LogP contribution in [0.2, 0.25) is 5.02 Å².